The van der Waals surface area contributed by atoms with Gasteiger partial charge in [0.05, 0.1) is 12.0 Å². The zero-order valence-electron chi connectivity index (χ0n) is 22.3. The van der Waals surface area contributed by atoms with E-state index in [1.54, 1.807) is 24.3 Å². The number of nitrogens with one attached hydrogen (secondary N) is 1. The number of aryl methyl sites for hydroxylation is 1. The van der Waals surface area contributed by atoms with Crippen LogP contribution in [0.2, 0.25) is 5.02 Å². The molecule has 0 heterocycles. The molecule has 0 radical (unpaired) electrons. The number of benzene rings is 2. The van der Waals surface area contributed by atoms with Crippen molar-refractivity contribution in [2.24, 2.45) is 11.8 Å². The number of esters is 1. The van der Waals surface area contributed by atoms with Crippen LogP contribution in [-0.4, -0.2) is 21.5 Å². The van der Waals surface area contributed by atoms with Gasteiger partial charge in [0.25, 0.3) is 0 Å². The Labute approximate surface area is 228 Å². The maximum atomic E-state index is 13.3. The third-order valence-corrected chi connectivity index (χ3v) is 9.36. The SMILES string of the molecule is CCCCCC[C@H]1CC[C@H](C(NS(=O)(=O)c2ccc(Cl)cc2)c2ccc(CCCC(=O)OC)cc2)CC1. The predicted octanol–water partition coefficient (Wildman–Crippen LogP) is 7.63. The standard InChI is InChI=1S/C30H42ClNO4S/c1-3-4-5-6-8-23-11-15-25(16-12-23)30(32-37(34,35)28-21-19-27(31)20-22-28)26-17-13-24(14-18-26)9-7-10-29(33)36-2/h13-14,17-23,25,30,32H,3-12,15-16H2,1-2H3/t23-,25-,30?. The minimum atomic E-state index is -3.70. The average Bonchev–Trinajstić information content (AvgIpc) is 2.91. The quantitative estimate of drug-likeness (QED) is 0.195. The zero-order valence-corrected chi connectivity index (χ0v) is 23.8. The van der Waals surface area contributed by atoms with Gasteiger partial charge in [0.1, 0.15) is 0 Å². The largest absolute Gasteiger partial charge is 0.469 e. The minimum absolute atomic E-state index is 0.200. The van der Waals surface area contributed by atoms with E-state index in [9.17, 15) is 13.2 Å². The molecule has 37 heavy (non-hydrogen) atoms. The van der Waals surface area contributed by atoms with Crippen molar-refractivity contribution in [3.8, 4) is 0 Å². The van der Waals surface area contributed by atoms with Gasteiger partial charge in [-0.1, -0.05) is 87.7 Å². The van der Waals surface area contributed by atoms with Crippen molar-refractivity contribution in [2.75, 3.05) is 7.11 Å². The van der Waals surface area contributed by atoms with Crippen LogP contribution in [0.15, 0.2) is 53.4 Å². The fourth-order valence-corrected chi connectivity index (χ4v) is 6.81. The molecule has 0 amide bonds. The van der Waals surface area contributed by atoms with Crippen LogP contribution in [0.3, 0.4) is 0 Å². The minimum Gasteiger partial charge on any atom is -0.469 e. The van der Waals surface area contributed by atoms with Crippen LogP contribution >= 0.6 is 11.6 Å². The first-order chi connectivity index (χ1) is 17.8. The number of carbonyl (C=O) groups excluding carboxylic acids is 1. The molecule has 1 aliphatic rings. The molecule has 1 aliphatic carbocycles. The van der Waals surface area contributed by atoms with Gasteiger partial charge in [0.15, 0.2) is 0 Å². The zero-order chi connectivity index (χ0) is 26.7. The summed E-state index contributed by atoms with van der Waals surface area (Å²) in [5, 5.41) is 0.510. The van der Waals surface area contributed by atoms with Crippen molar-refractivity contribution in [3.63, 3.8) is 0 Å². The highest BCUT2D eigenvalue weighted by Crippen LogP contribution is 2.39. The van der Waals surface area contributed by atoms with E-state index in [1.165, 1.54) is 39.2 Å². The van der Waals surface area contributed by atoms with E-state index in [0.29, 0.717) is 11.4 Å². The van der Waals surface area contributed by atoms with Gasteiger partial charge in [0.2, 0.25) is 10.0 Å². The molecule has 0 aliphatic heterocycles. The van der Waals surface area contributed by atoms with E-state index in [0.717, 1.165) is 55.6 Å². The third-order valence-electron chi connectivity index (χ3n) is 7.65. The Hall–Kier alpha value is -1.89. The van der Waals surface area contributed by atoms with Gasteiger partial charge >= 0.3 is 5.97 Å². The molecule has 1 atom stereocenters. The van der Waals surface area contributed by atoms with Crippen LogP contribution < -0.4 is 4.72 Å². The molecular formula is C30H42ClNO4S. The second kappa shape index (κ2) is 14.9. The predicted molar refractivity (Wildman–Crippen MR) is 150 cm³/mol. The van der Waals surface area contributed by atoms with E-state index in [4.69, 9.17) is 16.3 Å². The monoisotopic (exact) mass is 547 g/mol. The van der Waals surface area contributed by atoms with Gasteiger partial charge in [-0.3, -0.25) is 4.79 Å². The summed E-state index contributed by atoms with van der Waals surface area (Å²) >= 11 is 5.99. The number of carbonyl (C=O) groups is 1. The van der Waals surface area contributed by atoms with Crippen LogP contribution in [0, 0.1) is 11.8 Å². The number of ether oxygens (including phenoxy) is 1. The number of sulfonamides is 1. The summed E-state index contributed by atoms with van der Waals surface area (Å²) in [6.07, 6.45) is 12.7. The van der Waals surface area contributed by atoms with Crippen molar-refractivity contribution >= 4 is 27.6 Å². The average molecular weight is 548 g/mol. The lowest BCUT2D eigenvalue weighted by molar-refractivity contribution is -0.140. The van der Waals surface area contributed by atoms with Crippen molar-refractivity contribution in [2.45, 2.75) is 94.9 Å². The van der Waals surface area contributed by atoms with Gasteiger partial charge in [-0.25, -0.2) is 13.1 Å². The highest BCUT2D eigenvalue weighted by atomic mass is 35.5. The second-order valence-corrected chi connectivity index (χ2v) is 12.5. The Morgan fingerprint density at radius 1 is 0.973 bits per heavy atom. The summed E-state index contributed by atoms with van der Waals surface area (Å²) in [7, 11) is -2.30. The van der Waals surface area contributed by atoms with Crippen LogP contribution in [0.4, 0.5) is 0 Å². The number of hydrogen-bond donors (Lipinski definition) is 1. The maximum Gasteiger partial charge on any atom is 0.305 e. The van der Waals surface area contributed by atoms with E-state index < -0.39 is 10.0 Å². The highest BCUT2D eigenvalue weighted by molar-refractivity contribution is 7.89. The summed E-state index contributed by atoms with van der Waals surface area (Å²) in [6.45, 7) is 2.24. The Bertz CT molecular complexity index is 1060. The van der Waals surface area contributed by atoms with Crippen LogP contribution in [0.5, 0.6) is 0 Å². The summed E-state index contributed by atoms with van der Waals surface area (Å²) < 4.78 is 34.4. The molecular weight excluding hydrogens is 506 g/mol. The lowest BCUT2D eigenvalue weighted by atomic mass is 9.75. The molecule has 0 aromatic heterocycles. The maximum absolute atomic E-state index is 13.3. The molecule has 1 N–H and O–H groups in total. The number of methoxy groups -OCH3 is 1. The van der Waals surface area contributed by atoms with Gasteiger partial charge < -0.3 is 4.74 Å². The van der Waals surface area contributed by atoms with Crippen molar-refractivity contribution in [3.05, 3.63) is 64.7 Å². The van der Waals surface area contributed by atoms with E-state index in [2.05, 4.69) is 23.8 Å². The molecule has 0 spiro atoms. The van der Waals surface area contributed by atoms with E-state index in [1.807, 2.05) is 12.1 Å². The third kappa shape index (κ3) is 9.42. The Morgan fingerprint density at radius 2 is 1.65 bits per heavy atom. The van der Waals surface area contributed by atoms with Crippen LogP contribution in [0.1, 0.15) is 94.7 Å². The van der Waals surface area contributed by atoms with Crippen molar-refractivity contribution in [1.82, 2.24) is 4.72 Å². The molecule has 7 heteroatoms. The molecule has 0 saturated heterocycles. The van der Waals surface area contributed by atoms with Crippen LogP contribution in [-0.2, 0) is 26.0 Å². The summed E-state index contributed by atoms with van der Waals surface area (Å²) in [4.78, 5) is 11.6. The molecule has 1 fully saturated rings. The number of unbranched alkanes of at least 4 members (excludes halogenated alkanes) is 3. The van der Waals surface area contributed by atoms with Crippen molar-refractivity contribution in [1.29, 1.82) is 0 Å². The molecule has 5 nitrogen and oxygen atoms in total. The summed E-state index contributed by atoms with van der Waals surface area (Å²) in [5.74, 6) is 0.798. The lowest BCUT2D eigenvalue weighted by Crippen LogP contribution is -2.35. The second-order valence-electron chi connectivity index (χ2n) is 10.4. The Balaban J connectivity index is 1.72. The highest BCUT2D eigenvalue weighted by Gasteiger charge is 2.32. The molecule has 2 aromatic rings. The van der Waals surface area contributed by atoms with Gasteiger partial charge in [-0.2, -0.15) is 0 Å². The number of halogens is 1. The van der Waals surface area contributed by atoms with Gasteiger partial charge in [0, 0.05) is 17.5 Å². The molecule has 1 unspecified atom stereocenters. The number of hydrogen-bond acceptors (Lipinski definition) is 4. The normalized spacial score (nSPS) is 18.9. The van der Waals surface area contributed by atoms with E-state index >= 15 is 0 Å². The lowest BCUT2D eigenvalue weighted by Gasteiger charge is -2.34. The van der Waals surface area contributed by atoms with Crippen LogP contribution in [0.25, 0.3) is 0 Å². The molecule has 0 bridgehead atoms. The first-order valence-electron chi connectivity index (χ1n) is 13.8. The first kappa shape index (κ1) is 29.7. The molecule has 1 saturated carbocycles. The molecule has 204 valence electrons. The Morgan fingerprint density at radius 3 is 2.27 bits per heavy atom. The smallest absolute Gasteiger partial charge is 0.305 e. The summed E-state index contributed by atoms with van der Waals surface area (Å²) in [6, 6.07) is 14.2. The Kier molecular flexibility index (Phi) is 11.9. The number of rotatable bonds is 14. The van der Waals surface area contributed by atoms with E-state index in [-0.39, 0.29) is 22.8 Å². The summed E-state index contributed by atoms with van der Waals surface area (Å²) in [5.41, 5.74) is 2.11. The topological polar surface area (TPSA) is 72.5 Å². The molecule has 2 aromatic carbocycles. The molecule has 3 rings (SSSR count). The van der Waals surface area contributed by atoms with Gasteiger partial charge in [-0.05, 0) is 72.9 Å². The first-order valence-corrected chi connectivity index (χ1v) is 15.6. The fraction of sp³-hybridized carbons (Fsp3) is 0.567. The fourth-order valence-electron chi connectivity index (χ4n) is 5.39. The van der Waals surface area contributed by atoms with Crippen molar-refractivity contribution < 1.29 is 17.9 Å². The van der Waals surface area contributed by atoms with Gasteiger partial charge in [-0.15, -0.1) is 0 Å².